The minimum absolute atomic E-state index is 0.137. The van der Waals surface area contributed by atoms with E-state index in [0.717, 1.165) is 31.4 Å². The molecule has 3 aromatic rings. The summed E-state index contributed by atoms with van der Waals surface area (Å²) in [6, 6.07) is 9.37. The molecule has 0 radical (unpaired) electrons. The lowest BCUT2D eigenvalue weighted by Crippen LogP contribution is -2.03. The number of fused-ring (bicyclic) bond motifs is 2. The van der Waals surface area contributed by atoms with Gasteiger partial charge < -0.3 is 14.8 Å². The first-order valence-corrected chi connectivity index (χ1v) is 8.61. The van der Waals surface area contributed by atoms with Gasteiger partial charge in [0.1, 0.15) is 15.2 Å². The van der Waals surface area contributed by atoms with Gasteiger partial charge in [0.15, 0.2) is 0 Å². The molecule has 0 saturated heterocycles. The van der Waals surface area contributed by atoms with Crippen molar-refractivity contribution in [2.45, 2.75) is 0 Å². The Kier molecular flexibility index (Phi) is 3.87. The SMILES string of the molecule is COc1ccc2c(c1)/C(=C\c1cc(OC)c3c(I)n[nH]c3c1)C(=O)N2. The molecule has 0 unspecified atom stereocenters. The maximum Gasteiger partial charge on any atom is 0.256 e. The Hall–Kier alpha value is -2.55. The zero-order valence-electron chi connectivity index (χ0n) is 13.5. The summed E-state index contributed by atoms with van der Waals surface area (Å²) in [5.74, 6) is 1.28. The van der Waals surface area contributed by atoms with E-state index >= 15 is 0 Å². The highest BCUT2D eigenvalue weighted by Gasteiger charge is 2.24. The molecule has 126 valence electrons. The minimum Gasteiger partial charge on any atom is -0.497 e. The van der Waals surface area contributed by atoms with E-state index in [-0.39, 0.29) is 5.91 Å². The maximum absolute atomic E-state index is 12.4. The molecule has 0 saturated carbocycles. The summed E-state index contributed by atoms with van der Waals surface area (Å²) in [6.45, 7) is 0. The molecule has 2 aromatic carbocycles. The Balaban J connectivity index is 1.87. The number of aromatic nitrogens is 2. The average Bonchev–Trinajstić information content (AvgIpc) is 3.14. The fraction of sp³-hybridized carbons (Fsp3) is 0.111. The van der Waals surface area contributed by atoms with E-state index in [9.17, 15) is 4.79 Å². The molecular weight excluding hydrogens is 433 g/mol. The van der Waals surface area contributed by atoms with Crippen LogP contribution in [0.25, 0.3) is 22.6 Å². The van der Waals surface area contributed by atoms with Crippen molar-refractivity contribution in [3.63, 3.8) is 0 Å². The molecule has 25 heavy (non-hydrogen) atoms. The van der Waals surface area contributed by atoms with Gasteiger partial charge in [-0.25, -0.2) is 0 Å². The molecule has 1 amide bonds. The van der Waals surface area contributed by atoms with Crippen LogP contribution in [0, 0.1) is 3.70 Å². The number of hydrogen-bond donors (Lipinski definition) is 2. The third-order valence-corrected chi connectivity index (χ3v) is 4.93. The van der Waals surface area contributed by atoms with Crippen molar-refractivity contribution in [1.82, 2.24) is 10.2 Å². The van der Waals surface area contributed by atoms with Gasteiger partial charge in [-0.05, 0) is 64.6 Å². The molecule has 0 aliphatic carbocycles. The van der Waals surface area contributed by atoms with Crippen LogP contribution in [0.5, 0.6) is 11.5 Å². The van der Waals surface area contributed by atoms with Crippen molar-refractivity contribution in [2.75, 3.05) is 19.5 Å². The molecule has 6 nitrogen and oxygen atoms in total. The Labute approximate surface area is 157 Å². The molecule has 1 aliphatic heterocycles. The first kappa shape index (κ1) is 15.9. The number of methoxy groups -OCH3 is 2. The molecule has 2 heterocycles. The zero-order chi connectivity index (χ0) is 17.6. The van der Waals surface area contributed by atoms with Crippen molar-refractivity contribution in [3.8, 4) is 11.5 Å². The lowest BCUT2D eigenvalue weighted by atomic mass is 10.0. The number of amides is 1. The third-order valence-electron chi connectivity index (χ3n) is 4.15. The van der Waals surface area contributed by atoms with Crippen LogP contribution in [-0.4, -0.2) is 30.3 Å². The number of anilines is 1. The van der Waals surface area contributed by atoms with E-state index in [0.29, 0.717) is 17.1 Å². The van der Waals surface area contributed by atoms with Crippen LogP contribution in [0.4, 0.5) is 5.69 Å². The Bertz CT molecular complexity index is 1040. The van der Waals surface area contributed by atoms with E-state index in [4.69, 9.17) is 9.47 Å². The van der Waals surface area contributed by atoms with Crippen molar-refractivity contribution >= 4 is 56.7 Å². The molecular formula is C18H14IN3O3. The first-order valence-electron chi connectivity index (χ1n) is 7.54. The van der Waals surface area contributed by atoms with Crippen LogP contribution in [0.1, 0.15) is 11.1 Å². The van der Waals surface area contributed by atoms with E-state index in [2.05, 4.69) is 38.1 Å². The molecule has 1 aliphatic rings. The lowest BCUT2D eigenvalue weighted by molar-refractivity contribution is -0.110. The average molecular weight is 447 g/mol. The quantitative estimate of drug-likeness (QED) is 0.475. The number of carbonyl (C=O) groups is 1. The Morgan fingerprint density at radius 1 is 1.16 bits per heavy atom. The van der Waals surface area contributed by atoms with E-state index in [1.807, 2.05) is 36.4 Å². The molecule has 7 heteroatoms. The number of rotatable bonds is 3. The van der Waals surface area contributed by atoms with Crippen molar-refractivity contribution in [1.29, 1.82) is 0 Å². The summed E-state index contributed by atoms with van der Waals surface area (Å²) in [4.78, 5) is 12.4. The summed E-state index contributed by atoms with van der Waals surface area (Å²) in [5.41, 5.74) is 3.90. The first-order chi connectivity index (χ1) is 12.1. The highest BCUT2D eigenvalue weighted by atomic mass is 127. The normalized spacial score (nSPS) is 14.7. The van der Waals surface area contributed by atoms with Gasteiger partial charge in [-0.3, -0.25) is 9.89 Å². The highest BCUT2D eigenvalue weighted by molar-refractivity contribution is 14.1. The van der Waals surface area contributed by atoms with Gasteiger partial charge >= 0.3 is 0 Å². The summed E-state index contributed by atoms with van der Waals surface area (Å²) < 4.78 is 11.6. The smallest absolute Gasteiger partial charge is 0.256 e. The molecule has 0 atom stereocenters. The topological polar surface area (TPSA) is 76.2 Å². The number of halogens is 1. The van der Waals surface area contributed by atoms with Gasteiger partial charge in [0.05, 0.1) is 25.1 Å². The number of nitrogens with one attached hydrogen (secondary N) is 2. The summed E-state index contributed by atoms with van der Waals surface area (Å²) in [5, 5.41) is 11.0. The predicted molar refractivity (Wildman–Crippen MR) is 105 cm³/mol. The summed E-state index contributed by atoms with van der Waals surface area (Å²) >= 11 is 2.16. The lowest BCUT2D eigenvalue weighted by Gasteiger charge is -2.05. The minimum atomic E-state index is -0.137. The van der Waals surface area contributed by atoms with Crippen LogP contribution in [0.2, 0.25) is 0 Å². The molecule has 2 N–H and O–H groups in total. The fourth-order valence-corrected chi connectivity index (χ4v) is 3.63. The number of nitrogens with zero attached hydrogens (tertiary/aromatic N) is 1. The van der Waals surface area contributed by atoms with Crippen molar-refractivity contribution in [2.24, 2.45) is 0 Å². The van der Waals surface area contributed by atoms with E-state index < -0.39 is 0 Å². The molecule has 0 bridgehead atoms. The molecule has 0 spiro atoms. The Morgan fingerprint density at radius 3 is 2.76 bits per heavy atom. The standard InChI is InChI=1S/C18H14IN3O3/c1-24-10-3-4-13-11(8-10)12(18(23)20-13)5-9-6-14-16(15(7-9)25-2)17(19)22-21-14/h3-8H,1-2H3,(H,20,23)(H,21,22)/b12-5+. The second kappa shape index (κ2) is 6.07. The number of hydrogen-bond acceptors (Lipinski definition) is 4. The van der Waals surface area contributed by atoms with Gasteiger partial charge in [-0.2, -0.15) is 5.10 Å². The van der Waals surface area contributed by atoms with Crippen LogP contribution >= 0.6 is 22.6 Å². The van der Waals surface area contributed by atoms with Crippen molar-refractivity contribution in [3.05, 3.63) is 45.2 Å². The maximum atomic E-state index is 12.4. The molecule has 0 fully saturated rings. The van der Waals surface area contributed by atoms with Crippen LogP contribution in [0.3, 0.4) is 0 Å². The van der Waals surface area contributed by atoms with Gasteiger partial charge in [0, 0.05) is 16.8 Å². The van der Waals surface area contributed by atoms with Gasteiger partial charge in [0.2, 0.25) is 0 Å². The second-order valence-corrected chi connectivity index (χ2v) is 6.61. The predicted octanol–water partition coefficient (Wildman–Crippen LogP) is 3.68. The summed E-state index contributed by atoms with van der Waals surface area (Å²) in [6.07, 6.45) is 1.84. The number of benzene rings is 2. The van der Waals surface area contributed by atoms with Crippen LogP contribution < -0.4 is 14.8 Å². The zero-order valence-corrected chi connectivity index (χ0v) is 15.7. The number of H-pyrrole nitrogens is 1. The number of aromatic amines is 1. The number of carbonyl (C=O) groups excluding carboxylic acids is 1. The van der Waals surface area contributed by atoms with Gasteiger partial charge in [-0.1, -0.05) is 0 Å². The fourth-order valence-electron chi connectivity index (χ4n) is 2.95. The second-order valence-electron chi connectivity index (χ2n) is 5.58. The van der Waals surface area contributed by atoms with Crippen molar-refractivity contribution < 1.29 is 14.3 Å². The third kappa shape index (κ3) is 2.64. The number of ether oxygens (including phenoxy) is 2. The van der Waals surface area contributed by atoms with Gasteiger partial charge in [0.25, 0.3) is 5.91 Å². The highest BCUT2D eigenvalue weighted by Crippen LogP contribution is 2.37. The van der Waals surface area contributed by atoms with Crippen LogP contribution in [-0.2, 0) is 4.79 Å². The molecule has 1 aromatic heterocycles. The Morgan fingerprint density at radius 2 is 2.00 bits per heavy atom. The van der Waals surface area contributed by atoms with Crippen LogP contribution in [0.15, 0.2) is 30.3 Å². The van der Waals surface area contributed by atoms with E-state index in [1.54, 1.807) is 14.2 Å². The molecule has 4 rings (SSSR count). The monoisotopic (exact) mass is 447 g/mol. The largest absolute Gasteiger partial charge is 0.497 e. The van der Waals surface area contributed by atoms with Gasteiger partial charge in [-0.15, -0.1) is 0 Å². The summed E-state index contributed by atoms with van der Waals surface area (Å²) in [7, 11) is 3.23. The van der Waals surface area contributed by atoms with E-state index in [1.165, 1.54) is 0 Å².